The molecule has 0 bridgehead atoms. The van der Waals surface area contributed by atoms with E-state index in [1.807, 2.05) is 20.8 Å². The van der Waals surface area contributed by atoms with Gasteiger partial charge in [-0.05, 0) is 37.3 Å². The van der Waals surface area contributed by atoms with Crippen molar-refractivity contribution in [2.45, 2.75) is 59.5 Å². The molecule has 1 N–H and O–H groups in total. The number of ether oxygens (including phenoxy) is 4. The Bertz CT molecular complexity index is 1320. The first-order valence-electron chi connectivity index (χ1n) is 14.9. The molecule has 11 heteroatoms. The van der Waals surface area contributed by atoms with Gasteiger partial charge in [-0.1, -0.05) is 44.5 Å². The van der Waals surface area contributed by atoms with Crippen LogP contribution < -0.4 is 19.1 Å². The van der Waals surface area contributed by atoms with E-state index in [0.29, 0.717) is 71.6 Å². The zero-order valence-electron chi connectivity index (χ0n) is 26.8. The largest absolute Gasteiger partial charge is 0.495 e. The van der Waals surface area contributed by atoms with Gasteiger partial charge in [0.05, 0.1) is 39.5 Å². The van der Waals surface area contributed by atoms with Crippen molar-refractivity contribution in [3.8, 4) is 17.2 Å². The van der Waals surface area contributed by atoms with Crippen LogP contribution in [0.1, 0.15) is 70.6 Å². The molecule has 242 valence electrons. The van der Waals surface area contributed by atoms with Gasteiger partial charge in [0, 0.05) is 54.7 Å². The van der Waals surface area contributed by atoms with Crippen molar-refractivity contribution in [1.82, 2.24) is 4.90 Å². The van der Waals surface area contributed by atoms with E-state index in [1.165, 1.54) is 21.3 Å². The van der Waals surface area contributed by atoms with Crippen LogP contribution in [-0.2, 0) is 19.1 Å². The molecule has 0 spiro atoms. The van der Waals surface area contributed by atoms with E-state index in [-0.39, 0.29) is 48.5 Å². The monoisotopic (exact) mass is 632 g/mol. The number of carbonyl (C=O) groups is 3. The third kappa shape index (κ3) is 8.57. The average molecular weight is 633 g/mol. The van der Waals surface area contributed by atoms with E-state index < -0.39 is 6.10 Å². The molecule has 0 radical (unpaired) electrons. The number of aliphatic hydroxyl groups excluding tert-OH is 1. The van der Waals surface area contributed by atoms with Gasteiger partial charge < -0.3 is 33.9 Å². The van der Waals surface area contributed by atoms with Crippen molar-refractivity contribution in [3.05, 3.63) is 46.5 Å². The van der Waals surface area contributed by atoms with Gasteiger partial charge in [-0.15, -0.1) is 0 Å². The van der Waals surface area contributed by atoms with Gasteiger partial charge in [-0.2, -0.15) is 0 Å². The smallest absolute Gasteiger partial charge is 0.309 e. The molecule has 2 amide bonds. The maximum atomic E-state index is 14.0. The lowest BCUT2D eigenvalue weighted by Crippen LogP contribution is -2.42. The number of methoxy groups -OCH3 is 3. The van der Waals surface area contributed by atoms with Gasteiger partial charge in [-0.25, -0.2) is 0 Å². The van der Waals surface area contributed by atoms with Gasteiger partial charge in [0.25, 0.3) is 0 Å². The Morgan fingerprint density at radius 2 is 1.66 bits per heavy atom. The lowest BCUT2D eigenvalue weighted by Gasteiger charge is -2.34. The molecule has 3 rings (SSSR count). The number of para-hydroxylation sites is 1. The lowest BCUT2D eigenvalue weighted by molar-refractivity contribution is -0.151. The highest BCUT2D eigenvalue weighted by molar-refractivity contribution is 6.31. The molecule has 1 fully saturated rings. The predicted octanol–water partition coefficient (Wildman–Crippen LogP) is 5.41. The summed E-state index contributed by atoms with van der Waals surface area (Å²) in [5.74, 6) is 0.188. The van der Waals surface area contributed by atoms with Crippen LogP contribution in [-0.4, -0.2) is 75.4 Å². The van der Waals surface area contributed by atoms with E-state index in [1.54, 1.807) is 47.1 Å². The molecular weight excluding hydrogens is 588 g/mol. The fraction of sp³-hybridized carbons (Fsp3) is 0.545. The van der Waals surface area contributed by atoms with Crippen molar-refractivity contribution in [2.24, 2.45) is 11.3 Å². The van der Waals surface area contributed by atoms with Crippen molar-refractivity contribution < 1.29 is 38.4 Å². The van der Waals surface area contributed by atoms with Crippen LogP contribution in [0, 0.1) is 11.3 Å². The van der Waals surface area contributed by atoms with Crippen LogP contribution in [0.4, 0.5) is 5.69 Å². The number of piperidine rings is 1. The number of halogens is 1. The van der Waals surface area contributed by atoms with E-state index in [4.69, 9.17) is 30.5 Å². The zero-order chi connectivity index (χ0) is 32.6. The molecule has 44 heavy (non-hydrogen) atoms. The second kappa shape index (κ2) is 15.5. The normalized spacial score (nSPS) is 14.5. The maximum Gasteiger partial charge on any atom is 0.309 e. The summed E-state index contributed by atoms with van der Waals surface area (Å²) >= 11 is 6.49. The third-order valence-corrected chi connectivity index (χ3v) is 7.75. The highest BCUT2D eigenvalue weighted by Gasteiger charge is 2.33. The number of esters is 1. The highest BCUT2D eigenvalue weighted by Crippen LogP contribution is 2.45. The minimum absolute atomic E-state index is 0.00104. The first-order chi connectivity index (χ1) is 20.8. The number of amides is 2. The minimum Gasteiger partial charge on any atom is -0.495 e. The maximum absolute atomic E-state index is 14.0. The minimum atomic E-state index is -1.26. The number of likely N-dealkylation sites (tertiary alicyclic amines) is 1. The Balaban J connectivity index is 1.93. The van der Waals surface area contributed by atoms with E-state index in [2.05, 4.69) is 0 Å². The summed E-state index contributed by atoms with van der Waals surface area (Å²) in [4.78, 5) is 42.5. The lowest BCUT2D eigenvalue weighted by atomic mass is 9.93. The Morgan fingerprint density at radius 3 is 2.23 bits per heavy atom. The summed E-state index contributed by atoms with van der Waals surface area (Å²) in [5.41, 5.74) is 0.763. The molecule has 10 nitrogen and oxygen atoms in total. The molecule has 1 aliphatic rings. The van der Waals surface area contributed by atoms with Crippen LogP contribution in [0.5, 0.6) is 17.2 Å². The SMILES string of the molecule is CCOC(=O)C1CCN(C(=O)CCC(=O)N(CC(C)(C)C)c2c(OC)cc(Cl)cc2[C@H](O)c2cccc(OC)c2OC)CC1. The van der Waals surface area contributed by atoms with Crippen LogP contribution in [0.15, 0.2) is 30.3 Å². The number of carbonyl (C=O) groups excluding carboxylic acids is 3. The zero-order valence-corrected chi connectivity index (χ0v) is 27.5. The topological polar surface area (TPSA) is 115 Å². The van der Waals surface area contributed by atoms with Crippen LogP contribution >= 0.6 is 11.6 Å². The third-order valence-electron chi connectivity index (χ3n) is 7.54. The first kappa shape index (κ1) is 35.0. The van der Waals surface area contributed by atoms with Gasteiger partial charge in [0.2, 0.25) is 11.8 Å². The Kier molecular flexibility index (Phi) is 12.3. The van der Waals surface area contributed by atoms with Gasteiger partial charge in [-0.3, -0.25) is 14.4 Å². The Hall–Kier alpha value is -3.50. The quantitative estimate of drug-likeness (QED) is 0.309. The van der Waals surface area contributed by atoms with E-state index >= 15 is 0 Å². The molecule has 2 aromatic rings. The molecule has 0 unspecified atom stereocenters. The van der Waals surface area contributed by atoms with Crippen molar-refractivity contribution in [1.29, 1.82) is 0 Å². The number of rotatable bonds is 12. The molecular formula is C33H45ClN2O8. The van der Waals surface area contributed by atoms with Gasteiger partial charge >= 0.3 is 5.97 Å². The number of hydrogen-bond donors (Lipinski definition) is 1. The fourth-order valence-electron chi connectivity index (χ4n) is 5.44. The molecule has 0 saturated carbocycles. The second-order valence-corrected chi connectivity index (χ2v) is 12.4. The number of benzene rings is 2. The predicted molar refractivity (Wildman–Crippen MR) is 169 cm³/mol. The molecule has 1 atom stereocenters. The number of nitrogens with zero attached hydrogens (tertiary/aromatic N) is 2. The molecule has 1 heterocycles. The van der Waals surface area contributed by atoms with E-state index in [9.17, 15) is 19.5 Å². The van der Waals surface area contributed by atoms with Gasteiger partial charge in [0.15, 0.2) is 11.5 Å². The van der Waals surface area contributed by atoms with Crippen LogP contribution in [0.3, 0.4) is 0 Å². The first-order valence-corrected chi connectivity index (χ1v) is 15.2. The summed E-state index contributed by atoms with van der Waals surface area (Å²) in [7, 11) is 4.47. The molecule has 1 saturated heterocycles. The fourth-order valence-corrected chi connectivity index (χ4v) is 5.66. The van der Waals surface area contributed by atoms with Crippen LogP contribution in [0.2, 0.25) is 5.02 Å². The number of aliphatic hydroxyl groups is 1. The van der Waals surface area contributed by atoms with Crippen molar-refractivity contribution in [3.63, 3.8) is 0 Å². The number of hydrogen-bond acceptors (Lipinski definition) is 8. The summed E-state index contributed by atoms with van der Waals surface area (Å²) in [6.07, 6.45) is -0.255. The van der Waals surface area contributed by atoms with E-state index in [0.717, 1.165) is 0 Å². The van der Waals surface area contributed by atoms with Gasteiger partial charge in [0.1, 0.15) is 11.9 Å². The molecule has 0 aliphatic carbocycles. The molecule has 1 aliphatic heterocycles. The number of anilines is 1. The Morgan fingerprint density at radius 1 is 1.00 bits per heavy atom. The Labute approximate surface area is 265 Å². The second-order valence-electron chi connectivity index (χ2n) is 12.0. The van der Waals surface area contributed by atoms with Crippen molar-refractivity contribution in [2.75, 3.05) is 52.5 Å². The summed E-state index contributed by atoms with van der Waals surface area (Å²) < 4.78 is 21.9. The average Bonchev–Trinajstić information content (AvgIpc) is 3.00. The van der Waals surface area contributed by atoms with Crippen molar-refractivity contribution >= 4 is 35.1 Å². The van der Waals surface area contributed by atoms with Crippen LogP contribution in [0.25, 0.3) is 0 Å². The molecule has 2 aromatic carbocycles. The molecule has 0 aromatic heterocycles. The standard InChI is InChI=1S/C33H45ClN2O8/c1-8-44-32(40)21-14-16-35(17-15-21)27(37)12-13-28(38)36(20-33(2,3)4)29-24(18-22(34)19-26(29)42-6)30(39)23-10-9-11-25(41-5)31(23)43-7/h9-11,18-19,21,30,39H,8,12-17,20H2,1-7H3/t30-/m1/s1. The summed E-state index contributed by atoms with van der Waals surface area (Å²) in [5, 5.41) is 12.1. The summed E-state index contributed by atoms with van der Waals surface area (Å²) in [6, 6.07) is 8.37. The summed E-state index contributed by atoms with van der Waals surface area (Å²) in [6.45, 7) is 9.24. The highest BCUT2D eigenvalue weighted by atomic mass is 35.5.